The highest BCUT2D eigenvalue weighted by molar-refractivity contribution is 7.26. The van der Waals surface area contributed by atoms with Crippen molar-refractivity contribution in [1.82, 2.24) is 14.5 Å². The van der Waals surface area contributed by atoms with Crippen molar-refractivity contribution in [3.05, 3.63) is 83.8 Å². The zero-order chi connectivity index (χ0) is 21.2. The number of nitrogens with zero attached hydrogens (tertiary/aromatic N) is 3. The number of fused-ring (bicyclic) bond motifs is 1. The van der Waals surface area contributed by atoms with Crippen LogP contribution >= 0.6 is 22.7 Å². The smallest absolute Gasteiger partial charge is 0.265 e. The number of thiophene rings is 1. The Hall–Kier alpha value is -3.49. The average Bonchev–Trinajstić information content (AvgIpc) is 3.52. The highest BCUT2D eigenvalue weighted by atomic mass is 32.1. The minimum absolute atomic E-state index is 0.140. The molecule has 154 valence electrons. The quantitative estimate of drug-likeness (QED) is 0.369. The van der Waals surface area contributed by atoms with Gasteiger partial charge in [-0.25, -0.2) is 9.97 Å². The zero-order valence-electron chi connectivity index (χ0n) is 16.6. The monoisotopic (exact) mass is 446 g/mol. The number of imidazole rings is 1. The van der Waals surface area contributed by atoms with Crippen LogP contribution in [0.4, 0.5) is 5.69 Å². The molecule has 2 aromatic carbocycles. The molecule has 31 heavy (non-hydrogen) atoms. The van der Waals surface area contributed by atoms with E-state index in [2.05, 4.69) is 21.4 Å². The molecule has 0 unspecified atom stereocenters. The third kappa shape index (κ3) is 4.21. The summed E-state index contributed by atoms with van der Waals surface area (Å²) in [5.74, 6) is 1.42. The predicted octanol–water partition coefficient (Wildman–Crippen LogP) is 5.59. The molecule has 0 spiro atoms. The number of ether oxygens (including phenoxy) is 1. The van der Waals surface area contributed by atoms with Crippen molar-refractivity contribution in [2.75, 3.05) is 5.32 Å². The summed E-state index contributed by atoms with van der Waals surface area (Å²) < 4.78 is 8.81. The molecule has 8 heteroatoms. The number of nitrogens with one attached hydrogen (secondary N) is 1. The number of benzene rings is 2. The zero-order valence-corrected chi connectivity index (χ0v) is 18.2. The van der Waals surface area contributed by atoms with Crippen molar-refractivity contribution in [2.45, 2.75) is 6.61 Å². The first-order valence-corrected chi connectivity index (χ1v) is 11.3. The number of aryl methyl sites for hydroxylation is 1. The van der Waals surface area contributed by atoms with E-state index in [1.165, 1.54) is 11.3 Å². The maximum absolute atomic E-state index is 12.7. The average molecular weight is 447 g/mol. The minimum atomic E-state index is -0.140. The van der Waals surface area contributed by atoms with Crippen molar-refractivity contribution in [1.29, 1.82) is 0 Å². The number of hydrogen-bond donors (Lipinski definition) is 1. The standard InChI is InChI=1S/C23H18N4O2S2/c1-27-13-12-24-21(27)14-29-16-8-6-15(7-9-16)25-22(28)19-10-11-20(30-19)23-26-17-4-2-3-5-18(17)31-23/h2-13H,14H2,1H3,(H,25,28). The second-order valence-electron chi connectivity index (χ2n) is 6.87. The van der Waals surface area contributed by atoms with Crippen LogP contribution in [0.3, 0.4) is 0 Å². The summed E-state index contributed by atoms with van der Waals surface area (Å²) in [5, 5.41) is 3.87. The van der Waals surface area contributed by atoms with E-state index in [1.807, 2.05) is 72.4 Å². The molecule has 0 fully saturated rings. The van der Waals surface area contributed by atoms with E-state index >= 15 is 0 Å². The summed E-state index contributed by atoms with van der Waals surface area (Å²) in [6.45, 7) is 0.388. The van der Waals surface area contributed by atoms with Gasteiger partial charge in [-0.2, -0.15) is 0 Å². The molecule has 3 aromatic heterocycles. The number of anilines is 1. The molecular formula is C23H18N4O2S2. The number of amides is 1. The first-order chi connectivity index (χ1) is 15.2. The number of thiazole rings is 1. The van der Waals surface area contributed by atoms with Crippen molar-refractivity contribution < 1.29 is 9.53 Å². The Bertz CT molecular complexity index is 1320. The summed E-state index contributed by atoms with van der Waals surface area (Å²) in [6, 6.07) is 19.2. The van der Waals surface area contributed by atoms with E-state index in [-0.39, 0.29) is 5.91 Å². The Labute approximate surface area is 186 Å². The molecule has 3 heterocycles. The fraction of sp³-hybridized carbons (Fsp3) is 0.0870. The van der Waals surface area contributed by atoms with Gasteiger partial charge < -0.3 is 14.6 Å². The molecule has 0 aliphatic rings. The number of carbonyl (C=O) groups excluding carboxylic acids is 1. The maximum atomic E-state index is 12.7. The van der Waals surface area contributed by atoms with Gasteiger partial charge in [0.15, 0.2) is 0 Å². The van der Waals surface area contributed by atoms with Crippen molar-refractivity contribution in [3.63, 3.8) is 0 Å². The van der Waals surface area contributed by atoms with Gasteiger partial charge in [0.25, 0.3) is 5.91 Å². The van der Waals surface area contributed by atoms with E-state index in [9.17, 15) is 4.79 Å². The highest BCUT2D eigenvalue weighted by Gasteiger charge is 2.13. The van der Waals surface area contributed by atoms with Crippen molar-refractivity contribution in [3.8, 4) is 15.6 Å². The number of hydrogen-bond acceptors (Lipinski definition) is 6. The van der Waals surface area contributed by atoms with E-state index < -0.39 is 0 Å². The molecule has 1 amide bonds. The van der Waals surface area contributed by atoms with Gasteiger partial charge in [-0.1, -0.05) is 12.1 Å². The Morgan fingerprint density at radius 1 is 1.06 bits per heavy atom. The van der Waals surface area contributed by atoms with Crippen LogP contribution in [0, 0.1) is 0 Å². The van der Waals surface area contributed by atoms with Crippen LogP contribution in [0.1, 0.15) is 15.5 Å². The lowest BCUT2D eigenvalue weighted by Crippen LogP contribution is -2.10. The number of carbonyl (C=O) groups is 1. The molecule has 0 aliphatic heterocycles. The molecule has 0 bridgehead atoms. The second-order valence-corrected chi connectivity index (χ2v) is 8.99. The molecule has 1 N–H and O–H groups in total. The molecule has 5 rings (SSSR count). The lowest BCUT2D eigenvalue weighted by Gasteiger charge is -2.08. The molecule has 5 aromatic rings. The van der Waals surface area contributed by atoms with Crippen LogP contribution in [0.25, 0.3) is 20.1 Å². The van der Waals surface area contributed by atoms with Gasteiger partial charge in [0.05, 0.1) is 20.0 Å². The lowest BCUT2D eigenvalue weighted by atomic mass is 10.3. The fourth-order valence-corrected chi connectivity index (χ4v) is 4.98. The summed E-state index contributed by atoms with van der Waals surface area (Å²) in [5.41, 5.74) is 1.69. The van der Waals surface area contributed by atoms with E-state index in [0.717, 1.165) is 31.7 Å². The van der Waals surface area contributed by atoms with E-state index in [1.54, 1.807) is 17.5 Å². The predicted molar refractivity (Wildman–Crippen MR) is 125 cm³/mol. The third-order valence-corrected chi connectivity index (χ3v) is 7.03. The number of aromatic nitrogens is 3. The van der Waals surface area contributed by atoms with Crippen molar-refractivity contribution >= 4 is 44.5 Å². The number of para-hydroxylation sites is 1. The van der Waals surface area contributed by atoms with Gasteiger partial charge in [-0.3, -0.25) is 4.79 Å². The van der Waals surface area contributed by atoms with Crippen LogP contribution in [-0.4, -0.2) is 20.4 Å². The first-order valence-electron chi connectivity index (χ1n) is 9.62. The molecule has 0 aliphatic carbocycles. The molecule has 0 saturated carbocycles. The second kappa shape index (κ2) is 8.33. The first kappa shape index (κ1) is 19.5. The van der Waals surface area contributed by atoms with Crippen LogP contribution < -0.4 is 10.1 Å². The molecular weight excluding hydrogens is 428 g/mol. The van der Waals surface area contributed by atoms with Crippen molar-refractivity contribution in [2.24, 2.45) is 7.05 Å². The SMILES string of the molecule is Cn1ccnc1COc1ccc(NC(=O)c2ccc(-c3nc4ccccc4s3)s2)cc1. The molecule has 0 atom stereocenters. The summed E-state index contributed by atoms with van der Waals surface area (Å²) in [4.78, 5) is 23.2. The Kier molecular flexibility index (Phi) is 5.23. The fourth-order valence-electron chi connectivity index (χ4n) is 3.06. The van der Waals surface area contributed by atoms with Gasteiger partial charge in [0, 0.05) is 25.1 Å². The summed E-state index contributed by atoms with van der Waals surface area (Å²) in [7, 11) is 1.93. The minimum Gasteiger partial charge on any atom is -0.486 e. The molecule has 6 nitrogen and oxygen atoms in total. The third-order valence-electron chi connectivity index (χ3n) is 4.74. The topological polar surface area (TPSA) is 69.0 Å². The van der Waals surface area contributed by atoms with Crippen LogP contribution in [0.15, 0.2) is 73.1 Å². The van der Waals surface area contributed by atoms with Gasteiger partial charge in [-0.05, 0) is 48.5 Å². The van der Waals surface area contributed by atoms with Gasteiger partial charge in [0.1, 0.15) is 23.2 Å². The largest absolute Gasteiger partial charge is 0.486 e. The molecule has 0 radical (unpaired) electrons. The number of rotatable bonds is 6. The Morgan fingerprint density at radius 2 is 1.90 bits per heavy atom. The summed E-state index contributed by atoms with van der Waals surface area (Å²) >= 11 is 3.07. The van der Waals surface area contributed by atoms with E-state index in [4.69, 9.17) is 4.74 Å². The van der Waals surface area contributed by atoms with Crippen LogP contribution in [-0.2, 0) is 13.7 Å². The Morgan fingerprint density at radius 3 is 2.68 bits per heavy atom. The molecule has 0 saturated heterocycles. The van der Waals surface area contributed by atoms with E-state index in [0.29, 0.717) is 17.2 Å². The Balaban J connectivity index is 1.23. The van der Waals surface area contributed by atoms with Gasteiger partial charge >= 0.3 is 0 Å². The summed E-state index contributed by atoms with van der Waals surface area (Å²) in [6.07, 6.45) is 3.62. The lowest BCUT2D eigenvalue weighted by molar-refractivity contribution is 0.103. The van der Waals surface area contributed by atoms with Gasteiger partial charge in [-0.15, -0.1) is 22.7 Å². The maximum Gasteiger partial charge on any atom is 0.265 e. The normalized spacial score (nSPS) is 11.0. The van der Waals surface area contributed by atoms with Gasteiger partial charge in [0.2, 0.25) is 0 Å². The van der Waals surface area contributed by atoms with Crippen LogP contribution in [0.5, 0.6) is 5.75 Å². The van der Waals surface area contributed by atoms with Crippen LogP contribution in [0.2, 0.25) is 0 Å². The highest BCUT2D eigenvalue weighted by Crippen LogP contribution is 2.34.